The molecule has 1 N–H and O–H groups in total. The highest BCUT2D eigenvalue weighted by atomic mass is 32.1. The van der Waals surface area contributed by atoms with Gasteiger partial charge >= 0.3 is 0 Å². The lowest BCUT2D eigenvalue weighted by molar-refractivity contribution is 0.146. The number of aliphatic imine (C=N–C) groups is 1. The van der Waals surface area contributed by atoms with Crippen LogP contribution in [-0.4, -0.2) is 73.8 Å². The topological polar surface area (TPSA) is 75.1 Å². The standard InChI is InChI=1S/C20H30N6O2S/c1-4-18-23-20(29-24-18)26-10-8-25(9-11-26)19(21-2)22-15-16-6-5-7-17(14-16)28-13-12-27-3/h5-7,14H,4,8-13,15H2,1-3H3,(H,21,22). The molecular formula is C20H30N6O2S. The Labute approximate surface area is 176 Å². The fourth-order valence-electron chi connectivity index (χ4n) is 3.13. The number of nitrogens with zero attached hydrogens (tertiary/aromatic N) is 5. The minimum atomic E-state index is 0.549. The Balaban J connectivity index is 1.49. The quantitative estimate of drug-likeness (QED) is 0.399. The van der Waals surface area contributed by atoms with E-state index in [1.807, 2.05) is 19.2 Å². The normalized spacial score (nSPS) is 14.9. The first kappa shape index (κ1) is 21.3. The summed E-state index contributed by atoms with van der Waals surface area (Å²) in [6.45, 7) is 7.56. The second-order valence-corrected chi connectivity index (χ2v) is 7.44. The molecule has 2 heterocycles. The highest BCUT2D eigenvalue weighted by Crippen LogP contribution is 2.19. The van der Waals surface area contributed by atoms with E-state index in [0.29, 0.717) is 19.8 Å². The van der Waals surface area contributed by atoms with Crippen LogP contribution >= 0.6 is 11.5 Å². The van der Waals surface area contributed by atoms with E-state index < -0.39 is 0 Å². The molecule has 0 bridgehead atoms. The molecule has 0 radical (unpaired) electrons. The van der Waals surface area contributed by atoms with Gasteiger partial charge in [-0.25, -0.2) is 4.98 Å². The summed E-state index contributed by atoms with van der Waals surface area (Å²) in [6.07, 6.45) is 0.881. The Morgan fingerprint density at radius 3 is 2.76 bits per heavy atom. The van der Waals surface area contributed by atoms with Crippen LogP contribution in [0.25, 0.3) is 0 Å². The second-order valence-electron chi connectivity index (χ2n) is 6.71. The number of benzene rings is 1. The van der Waals surface area contributed by atoms with Crippen LogP contribution in [0.2, 0.25) is 0 Å². The zero-order chi connectivity index (χ0) is 20.5. The van der Waals surface area contributed by atoms with Crippen molar-refractivity contribution in [2.24, 2.45) is 4.99 Å². The number of anilines is 1. The molecule has 0 spiro atoms. The lowest BCUT2D eigenvalue weighted by atomic mass is 10.2. The van der Waals surface area contributed by atoms with Crippen molar-refractivity contribution in [1.29, 1.82) is 0 Å². The van der Waals surface area contributed by atoms with E-state index in [9.17, 15) is 0 Å². The summed E-state index contributed by atoms with van der Waals surface area (Å²) in [5.41, 5.74) is 1.15. The maximum absolute atomic E-state index is 5.69. The molecular weight excluding hydrogens is 388 g/mol. The van der Waals surface area contributed by atoms with Crippen LogP contribution in [0.5, 0.6) is 5.75 Å². The fraction of sp³-hybridized carbons (Fsp3) is 0.550. The largest absolute Gasteiger partial charge is 0.491 e. The monoisotopic (exact) mass is 418 g/mol. The molecule has 1 fully saturated rings. The molecule has 1 aliphatic rings. The van der Waals surface area contributed by atoms with Gasteiger partial charge in [-0.3, -0.25) is 4.99 Å². The van der Waals surface area contributed by atoms with Gasteiger partial charge in [0.15, 0.2) is 5.96 Å². The van der Waals surface area contributed by atoms with E-state index in [1.165, 1.54) is 11.5 Å². The summed E-state index contributed by atoms with van der Waals surface area (Å²) < 4.78 is 15.1. The van der Waals surface area contributed by atoms with Crippen molar-refractivity contribution in [2.45, 2.75) is 19.9 Å². The van der Waals surface area contributed by atoms with E-state index in [0.717, 1.165) is 60.8 Å². The summed E-state index contributed by atoms with van der Waals surface area (Å²) in [5, 5.41) is 4.49. The minimum absolute atomic E-state index is 0.549. The van der Waals surface area contributed by atoms with Crippen molar-refractivity contribution in [1.82, 2.24) is 19.6 Å². The van der Waals surface area contributed by atoms with Crippen LogP contribution in [0.1, 0.15) is 18.3 Å². The van der Waals surface area contributed by atoms with Crippen LogP contribution < -0.4 is 15.0 Å². The Bertz CT molecular complexity index is 789. The molecule has 0 aliphatic carbocycles. The smallest absolute Gasteiger partial charge is 0.205 e. The van der Waals surface area contributed by atoms with Gasteiger partial charge in [-0.05, 0) is 17.7 Å². The zero-order valence-electron chi connectivity index (χ0n) is 17.4. The molecule has 9 heteroatoms. The average molecular weight is 419 g/mol. The number of ether oxygens (including phenoxy) is 2. The van der Waals surface area contributed by atoms with E-state index in [1.54, 1.807) is 7.11 Å². The number of rotatable bonds is 8. The van der Waals surface area contributed by atoms with Gasteiger partial charge in [0.05, 0.1) is 6.61 Å². The second kappa shape index (κ2) is 11.0. The van der Waals surface area contributed by atoms with Gasteiger partial charge in [0, 0.05) is 64.8 Å². The predicted molar refractivity (Wildman–Crippen MR) is 117 cm³/mol. The molecule has 1 aromatic heterocycles. The van der Waals surface area contributed by atoms with Gasteiger partial charge in [-0.15, -0.1) is 0 Å². The molecule has 29 heavy (non-hydrogen) atoms. The molecule has 1 aromatic carbocycles. The van der Waals surface area contributed by atoms with E-state index in [4.69, 9.17) is 9.47 Å². The van der Waals surface area contributed by atoms with Crippen molar-refractivity contribution in [3.05, 3.63) is 35.7 Å². The molecule has 0 saturated carbocycles. The van der Waals surface area contributed by atoms with Gasteiger partial charge in [0.2, 0.25) is 5.13 Å². The number of guanidine groups is 1. The molecule has 3 rings (SSSR count). The summed E-state index contributed by atoms with van der Waals surface area (Å²) in [4.78, 5) is 13.7. The first-order valence-electron chi connectivity index (χ1n) is 9.97. The maximum atomic E-state index is 5.69. The predicted octanol–water partition coefficient (Wildman–Crippen LogP) is 2.02. The van der Waals surface area contributed by atoms with Crippen molar-refractivity contribution in [2.75, 3.05) is 58.5 Å². The zero-order valence-corrected chi connectivity index (χ0v) is 18.2. The number of piperazine rings is 1. The summed E-state index contributed by atoms with van der Waals surface area (Å²) in [5.74, 6) is 2.70. The number of aromatic nitrogens is 2. The highest BCUT2D eigenvalue weighted by Gasteiger charge is 2.22. The molecule has 1 saturated heterocycles. The molecule has 8 nitrogen and oxygen atoms in total. The number of aryl methyl sites for hydroxylation is 1. The maximum Gasteiger partial charge on any atom is 0.205 e. The van der Waals surface area contributed by atoms with Gasteiger partial charge in [-0.1, -0.05) is 19.1 Å². The third-order valence-electron chi connectivity index (χ3n) is 4.74. The molecule has 2 aromatic rings. The van der Waals surface area contributed by atoms with Crippen molar-refractivity contribution in [3.8, 4) is 5.75 Å². The lowest BCUT2D eigenvalue weighted by Crippen LogP contribution is -2.52. The first-order chi connectivity index (χ1) is 14.2. The van der Waals surface area contributed by atoms with Gasteiger partial charge < -0.3 is 24.6 Å². The summed E-state index contributed by atoms with van der Waals surface area (Å²) >= 11 is 1.49. The van der Waals surface area contributed by atoms with Crippen molar-refractivity contribution >= 4 is 22.6 Å². The molecule has 0 amide bonds. The third-order valence-corrected chi connectivity index (χ3v) is 5.56. The number of hydrogen-bond acceptors (Lipinski definition) is 7. The SMILES string of the molecule is CCc1nsc(N2CCN(C(=NC)NCc3cccc(OCCOC)c3)CC2)n1. The van der Waals surface area contributed by atoms with Gasteiger partial charge in [0.1, 0.15) is 18.2 Å². The van der Waals surface area contributed by atoms with E-state index in [-0.39, 0.29) is 0 Å². The number of nitrogens with one attached hydrogen (secondary N) is 1. The van der Waals surface area contributed by atoms with Crippen molar-refractivity contribution < 1.29 is 9.47 Å². The Kier molecular flexibility index (Phi) is 8.06. The minimum Gasteiger partial charge on any atom is -0.491 e. The molecule has 1 aliphatic heterocycles. The van der Waals surface area contributed by atoms with Crippen LogP contribution in [-0.2, 0) is 17.7 Å². The Morgan fingerprint density at radius 2 is 2.07 bits per heavy atom. The average Bonchev–Trinajstić information content (AvgIpc) is 3.24. The number of hydrogen-bond donors (Lipinski definition) is 1. The van der Waals surface area contributed by atoms with Crippen LogP contribution in [0.4, 0.5) is 5.13 Å². The van der Waals surface area contributed by atoms with Crippen LogP contribution in [0, 0.1) is 0 Å². The fourth-order valence-corrected chi connectivity index (χ4v) is 3.93. The van der Waals surface area contributed by atoms with Gasteiger partial charge in [-0.2, -0.15) is 4.37 Å². The van der Waals surface area contributed by atoms with Crippen molar-refractivity contribution in [3.63, 3.8) is 0 Å². The third kappa shape index (κ3) is 6.04. The Hall–Kier alpha value is -2.39. The van der Waals surface area contributed by atoms with E-state index in [2.05, 4.69) is 48.5 Å². The van der Waals surface area contributed by atoms with Gasteiger partial charge in [0.25, 0.3) is 0 Å². The highest BCUT2D eigenvalue weighted by molar-refractivity contribution is 7.09. The van der Waals surface area contributed by atoms with Crippen LogP contribution in [0.3, 0.4) is 0 Å². The number of methoxy groups -OCH3 is 1. The summed E-state index contributed by atoms with van der Waals surface area (Å²) in [7, 11) is 3.50. The summed E-state index contributed by atoms with van der Waals surface area (Å²) in [6, 6.07) is 8.11. The van der Waals surface area contributed by atoms with Crippen LogP contribution in [0.15, 0.2) is 29.3 Å². The Morgan fingerprint density at radius 1 is 1.24 bits per heavy atom. The van der Waals surface area contributed by atoms with E-state index >= 15 is 0 Å². The molecule has 158 valence electrons. The lowest BCUT2D eigenvalue weighted by Gasteiger charge is -2.36. The first-order valence-corrected chi connectivity index (χ1v) is 10.7. The molecule has 0 unspecified atom stereocenters. The molecule has 0 atom stereocenters.